The number of benzene rings is 1. The SMILES string of the molecule is O=C1c2c(OCc3ccccc3)c(=O)cc3n2C(CC3)C2OC3CCC(C3)N12. The van der Waals surface area contributed by atoms with Crippen LogP contribution >= 0.6 is 0 Å². The van der Waals surface area contributed by atoms with Gasteiger partial charge in [0.2, 0.25) is 5.43 Å². The summed E-state index contributed by atoms with van der Waals surface area (Å²) in [7, 11) is 0. The Morgan fingerprint density at radius 1 is 1.11 bits per heavy atom. The van der Waals surface area contributed by atoms with E-state index in [1.54, 1.807) is 6.07 Å². The second-order valence-corrected chi connectivity index (χ2v) is 8.26. The zero-order valence-corrected chi connectivity index (χ0v) is 15.5. The Morgan fingerprint density at radius 3 is 2.82 bits per heavy atom. The number of carbonyl (C=O) groups is 1. The molecule has 1 saturated carbocycles. The van der Waals surface area contributed by atoms with Crippen molar-refractivity contribution >= 4 is 5.91 Å². The lowest BCUT2D eigenvalue weighted by atomic mass is 10.0. The lowest BCUT2D eigenvalue weighted by Gasteiger charge is -2.47. The number of amides is 1. The van der Waals surface area contributed by atoms with E-state index in [1.165, 1.54) is 0 Å². The summed E-state index contributed by atoms with van der Waals surface area (Å²) in [6.07, 6.45) is 4.62. The van der Waals surface area contributed by atoms with Gasteiger partial charge < -0.3 is 18.9 Å². The van der Waals surface area contributed by atoms with Crippen molar-refractivity contribution in [3.63, 3.8) is 0 Å². The molecule has 2 fully saturated rings. The molecule has 1 aromatic heterocycles. The monoisotopic (exact) mass is 378 g/mol. The maximum Gasteiger partial charge on any atom is 0.276 e. The van der Waals surface area contributed by atoms with E-state index in [2.05, 4.69) is 0 Å². The average molecular weight is 378 g/mol. The van der Waals surface area contributed by atoms with Crippen molar-refractivity contribution in [1.82, 2.24) is 9.47 Å². The van der Waals surface area contributed by atoms with Crippen LogP contribution in [0.25, 0.3) is 0 Å². The van der Waals surface area contributed by atoms with Gasteiger partial charge >= 0.3 is 0 Å². The van der Waals surface area contributed by atoms with E-state index in [1.807, 2.05) is 39.8 Å². The molecule has 0 radical (unpaired) electrons. The molecule has 2 bridgehead atoms. The third kappa shape index (κ3) is 2.24. The van der Waals surface area contributed by atoms with Crippen LogP contribution in [0.15, 0.2) is 41.2 Å². The van der Waals surface area contributed by atoms with Gasteiger partial charge in [0.15, 0.2) is 17.7 Å². The third-order valence-electron chi connectivity index (χ3n) is 6.66. The highest BCUT2D eigenvalue weighted by atomic mass is 16.5. The Morgan fingerprint density at radius 2 is 1.96 bits per heavy atom. The van der Waals surface area contributed by atoms with Crippen molar-refractivity contribution in [1.29, 1.82) is 0 Å². The molecule has 0 spiro atoms. The van der Waals surface area contributed by atoms with E-state index in [4.69, 9.17) is 9.47 Å². The number of ether oxygens (including phenoxy) is 2. The fourth-order valence-electron chi connectivity index (χ4n) is 5.44. The summed E-state index contributed by atoms with van der Waals surface area (Å²) in [5, 5.41) is 0. The maximum atomic E-state index is 13.6. The number of fused-ring (bicyclic) bond motifs is 5. The molecule has 0 N–H and O–H groups in total. The Bertz CT molecular complexity index is 1020. The standard InChI is InChI=1S/C22H22N2O4/c25-18-11-15-7-9-17-22-24(14-6-8-16(10-14)28-22)21(26)19(23(15)17)20(18)27-12-13-4-2-1-3-5-13/h1-5,11,14,16-17,22H,6-10,12H2. The van der Waals surface area contributed by atoms with Gasteiger partial charge in [0.1, 0.15) is 6.61 Å². The molecule has 144 valence electrons. The fraction of sp³-hybridized carbons (Fsp3) is 0.455. The normalized spacial score (nSPS) is 29.6. The van der Waals surface area contributed by atoms with Gasteiger partial charge in [-0.3, -0.25) is 9.59 Å². The largest absolute Gasteiger partial charge is 0.483 e. The molecule has 6 heteroatoms. The maximum absolute atomic E-state index is 13.6. The Hall–Kier alpha value is -2.60. The zero-order chi connectivity index (χ0) is 18.8. The molecular formula is C22H22N2O4. The highest BCUT2D eigenvalue weighted by Gasteiger charge is 2.53. The predicted octanol–water partition coefficient (Wildman–Crippen LogP) is 2.65. The minimum atomic E-state index is -0.211. The molecule has 6 rings (SSSR count). The summed E-state index contributed by atoms with van der Waals surface area (Å²) in [6.45, 7) is 0.270. The van der Waals surface area contributed by atoms with Crippen LogP contribution in [-0.2, 0) is 17.8 Å². The van der Waals surface area contributed by atoms with E-state index in [-0.39, 0.29) is 48.1 Å². The summed E-state index contributed by atoms with van der Waals surface area (Å²) < 4.78 is 14.3. The van der Waals surface area contributed by atoms with E-state index in [9.17, 15) is 9.59 Å². The number of hydrogen-bond acceptors (Lipinski definition) is 4. The first-order valence-electron chi connectivity index (χ1n) is 10.1. The number of hydrogen-bond donors (Lipinski definition) is 0. The number of aromatic nitrogens is 1. The smallest absolute Gasteiger partial charge is 0.276 e. The molecule has 1 aliphatic carbocycles. The van der Waals surface area contributed by atoms with Crippen LogP contribution in [0.5, 0.6) is 5.75 Å². The van der Waals surface area contributed by atoms with E-state index in [0.717, 1.165) is 43.4 Å². The second-order valence-electron chi connectivity index (χ2n) is 8.26. The number of carbonyl (C=O) groups excluding carboxylic acids is 1. The van der Waals surface area contributed by atoms with Gasteiger partial charge in [-0.05, 0) is 37.7 Å². The van der Waals surface area contributed by atoms with E-state index >= 15 is 0 Å². The Balaban J connectivity index is 1.45. The summed E-state index contributed by atoms with van der Waals surface area (Å²) in [5.41, 5.74) is 2.11. The first-order valence-corrected chi connectivity index (χ1v) is 10.1. The molecule has 1 aromatic carbocycles. The van der Waals surface area contributed by atoms with Gasteiger partial charge in [-0.15, -0.1) is 0 Å². The minimum absolute atomic E-state index is 0.0748. The lowest BCUT2D eigenvalue weighted by Crippen LogP contribution is -2.58. The molecular weight excluding hydrogens is 356 g/mol. The van der Waals surface area contributed by atoms with E-state index < -0.39 is 0 Å². The number of rotatable bonds is 3. The topological polar surface area (TPSA) is 60.8 Å². The first kappa shape index (κ1) is 16.4. The number of aryl methyl sites for hydroxylation is 1. The van der Waals surface area contributed by atoms with Crippen LogP contribution in [0.3, 0.4) is 0 Å². The van der Waals surface area contributed by atoms with Gasteiger partial charge in [-0.2, -0.15) is 0 Å². The zero-order valence-electron chi connectivity index (χ0n) is 15.5. The van der Waals surface area contributed by atoms with Crippen LogP contribution in [0.1, 0.15) is 53.5 Å². The van der Waals surface area contributed by atoms with Crippen molar-refractivity contribution in [2.45, 2.75) is 63.1 Å². The molecule has 1 amide bonds. The van der Waals surface area contributed by atoms with Crippen molar-refractivity contribution in [3.8, 4) is 5.75 Å². The molecule has 6 nitrogen and oxygen atoms in total. The third-order valence-corrected chi connectivity index (χ3v) is 6.66. The summed E-state index contributed by atoms with van der Waals surface area (Å²) >= 11 is 0. The number of pyridine rings is 1. The van der Waals surface area contributed by atoms with Crippen LogP contribution in [0.2, 0.25) is 0 Å². The minimum Gasteiger partial charge on any atom is -0.483 e. The molecule has 2 aromatic rings. The molecule has 4 heterocycles. The van der Waals surface area contributed by atoms with Gasteiger partial charge in [0, 0.05) is 17.8 Å². The van der Waals surface area contributed by atoms with Crippen LogP contribution in [-0.4, -0.2) is 33.7 Å². The van der Waals surface area contributed by atoms with Crippen LogP contribution in [0, 0.1) is 0 Å². The summed E-state index contributed by atoms with van der Waals surface area (Å²) in [6, 6.07) is 11.7. The molecule has 4 unspecified atom stereocenters. The molecule has 3 aliphatic heterocycles. The van der Waals surface area contributed by atoms with Gasteiger partial charge in [-0.25, -0.2) is 0 Å². The quantitative estimate of drug-likeness (QED) is 0.824. The molecule has 4 aliphatic rings. The predicted molar refractivity (Wildman–Crippen MR) is 101 cm³/mol. The molecule has 4 atom stereocenters. The van der Waals surface area contributed by atoms with Crippen LogP contribution < -0.4 is 10.2 Å². The van der Waals surface area contributed by atoms with Gasteiger partial charge in [-0.1, -0.05) is 30.3 Å². The Kier molecular flexibility index (Phi) is 3.48. The van der Waals surface area contributed by atoms with Crippen molar-refractivity contribution in [2.75, 3.05) is 0 Å². The first-order chi connectivity index (χ1) is 13.7. The Labute approximate surface area is 162 Å². The van der Waals surface area contributed by atoms with E-state index in [0.29, 0.717) is 5.69 Å². The van der Waals surface area contributed by atoms with Crippen molar-refractivity contribution in [2.24, 2.45) is 0 Å². The second kappa shape index (κ2) is 5.95. The summed E-state index contributed by atoms with van der Waals surface area (Å²) in [4.78, 5) is 28.3. The summed E-state index contributed by atoms with van der Waals surface area (Å²) in [5.74, 6) is 0.0681. The van der Waals surface area contributed by atoms with Crippen molar-refractivity contribution in [3.05, 3.63) is 63.6 Å². The average Bonchev–Trinajstić information content (AvgIpc) is 3.29. The molecule has 28 heavy (non-hydrogen) atoms. The van der Waals surface area contributed by atoms with Crippen LogP contribution in [0.4, 0.5) is 0 Å². The highest BCUT2D eigenvalue weighted by Crippen LogP contribution is 2.46. The number of nitrogens with zero attached hydrogens (tertiary/aromatic N) is 2. The van der Waals surface area contributed by atoms with Gasteiger partial charge in [0.25, 0.3) is 5.91 Å². The highest BCUT2D eigenvalue weighted by molar-refractivity contribution is 5.97. The van der Waals surface area contributed by atoms with Crippen molar-refractivity contribution < 1.29 is 14.3 Å². The lowest BCUT2D eigenvalue weighted by molar-refractivity contribution is -0.147. The van der Waals surface area contributed by atoms with Gasteiger partial charge in [0.05, 0.1) is 12.1 Å². The fourth-order valence-corrected chi connectivity index (χ4v) is 5.44. The molecule has 1 saturated heterocycles.